The van der Waals surface area contributed by atoms with Gasteiger partial charge in [0.15, 0.2) is 5.75 Å². The van der Waals surface area contributed by atoms with Crippen LogP contribution < -0.4 is 10.7 Å². The molecular formula is C13H11NO. The molecule has 74 valence electrons. The van der Waals surface area contributed by atoms with Gasteiger partial charge in [-0.15, -0.1) is 0 Å². The molecule has 0 bridgehead atoms. The van der Waals surface area contributed by atoms with Gasteiger partial charge >= 0.3 is 0 Å². The standard InChI is InChI=1S/C13H11NO/c14-15-12-7-3-5-10-8-9-4-1-2-6-11(9)13(10)12/h1-7H,8,14H2. The first-order chi connectivity index (χ1) is 7.40. The molecule has 2 aromatic carbocycles. The maximum absolute atomic E-state index is 5.28. The highest BCUT2D eigenvalue weighted by Crippen LogP contribution is 2.41. The molecule has 15 heavy (non-hydrogen) atoms. The Balaban J connectivity index is 2.30. The Morgan fingerprint density at radius 1 is 0.933 bits per heavy atom. The summed E-state index contributed by atoms with van der Waals surface area (Å²) >= 11 is 0. The van der Waals surface area contributed by atoms with Gasteiger partial charge in [-0.05, 0) is 29.2 Å². The zero-order valence-electron chi connectivity index (χ0n) is 8.23. The van der Waals surface area contributed by atoms with Gasteiger partial charge < -0.3 is 4.84 Å². The number of hydrogen-bond donors (Lipinski definition) is 1. The predicted molar refractivity (Wildman–Crippen MR) is 59.5 cm³/mol. The van der Waals surface area contributed by atoms with Crippen molar-refractivity contribution < 1.29 is 4.84 Å². The maximum atomic E-state index is 5.28. The van der Waals surface area contributed by atoms with E-state index in [4.69, 9.17) is 10.7 Å². The summed E-state index contributed by atoms with van der Waals surface area (Å²) in [7, 11) is 0. The van der Waals surface area contributed by atoms with Crippen LogP contribution in [0.15, 0.2) is 42.5 Å². The van der Waals surface area contributed by atoms with Crippen molar-refractivity contribution in [3.05, 3.63) is 53.6 Å². The number of benzene rings is 2. The van der Waals surface area contributed by atoms with Gasteiger partial charge in [0.25, 0.3) is 0 Å². The largest absolute Gasteiger partial charge is 0.411 e. The summed E-state index contributed by atoms with van der Waals surface area (Å²) in [6.45, 7) is 0. The third-order valence-corrected chi connectivity index (χ3v) is 2.91. The number of nitrogens with two attached hydrogens (primary N) is 1. The molecular weight excluding hydrogens is 186 g/mol. The lowest BCUT2D eigenvalue weighted by Crippen LogP contribution is -2.03. The molecule has 0 atom stereocenters. The van der Waals surface area contributed by atoms with Gasteiger partial charge in [-0.3, -0.25) is 0 Å². The van der Waals surface area contributed by atoms with Gasteiger partial charge in [0.2, 0.25) is 0 Å². The summed E-state index contributed by atoms with van der Waals surface area (Å²) in [4.78, 5) is 4.91. The molecule has 0 aliphatic heterocycles. The van der Waals surface area contributed by atoms with Gasteiger partial charge in [0.05, 0.1) is 0 Å². The van der Waals surface area contributed by atoms with E-state index in [1.807, 2.05) is 18.2 Å². The SMILES string of the molecule is NOc1cccc2c1-c1ccccc1C2. The summed E-state index contributed by atoms with van der Waals surface area (Å²) in [6.07, 6.45) is 0.975. The minimum atomic E-state index is 0.762. The Labute approximate surface area is 88.3 Å². The van der Waals surface area contributed by atoms with E-state index in [1.165, 1.54) is 16.7 Å². The van der Waals surface area contributed by atoms with E-state index in [-0.39, 0.29) is 0 Å². The van der Waals surface area contributed by atoms with Crippen LogP contribution in [0.25, 0.3) is 11.1 Å². The lowest BCUT2D eigenvalue weighted by molar-refractivity contribution is 0.336. The normalized spacial score (nSPS) is 12.1. The third kappa shape index (κ3) is 1.15. The van der Waals surface area contributed by atoms with E-state index in [0.29, 0.717) is 0 Å². The van der Waals surface area contributed by atoms with Gasteiger partial charge in [-0.1, -0.05) is 36.4 Å². The van der Waals surface area contributed by atoms with E-state index in [9.17, 15) is 0 Å². The van der Waals surface area contributed by atoms with Crippen LogP contribution in [-0.4, -0.2) is 0 Å². The van der Waals surface area contributed by atoms with Crippen LogP contribution in [0.5, 0.6) is 5.75 Å². The average molecular weight is 197 g/mol. The zero-order chi connectivity index (χ0) is 10.3. The van der Waals surface area contributed by atoms with Crippen LogP contribution in [0.1, 0.15) is 11.1 Å². The predicted octanol–water partition coefficient (Wildman–Crippen LogP) is 2.51. The highest BCUT2D eigenvalue weighted by atomic mass is 16.6. The molecule has 2 aromatic rings. The fraction of sp³-hybridized carbons (Fsp3) is 0.0769. The van der Waals surface area contributed by atoms with Crippen molar-refractivity contribution in [2.75, 3.05) is 0 Å². The molecule has 2 nitrogen and oxygen atoms in total. The van der Waals surface area contributed by atoms with Gasteiger partial charge in [-0.25, -0.2) is 0 Å². The fourth-order valence-electron chi connectivity index (χ4n) is 2.25. The third-order valence-electron chi connectivity index (χ3n) is 2.91. The molecule has 0 aromatic heterocycles. The number of fused-ring (bicyclic) bond motifs is 3. The summed E-state index contributed by atoms with van der Waals surface area (Å²) < 4.78 is 0. The summed E-state index contributed by atoms with van der Waals surface area (Å²) in [5.74, 6) is 6.04. The molecule has 0 saturated heterocycles. The van der Waals surface area contributed by atoms with E-state index in [1.54, 1.807) is 0 Å². The van der Waals surface area contributed by atoms with Crippen LogP contribution >= 0.6 is 0 Å². The fourth-order valence-corrected chi connectivity index (χ4v) is 2.25. The van der Waals surface area contributed by atoms with Crippen LogP contribution in [-0.2, 0) is 6.42 Å². The van der Waals surface area contributed by atoms with E-state index in [0.717, 1.165) is 17.7 Å². The van der Waals surface area contributed by atoms with Crippen molar-refractivity contribution in [3.63, 3.8) is 0 Å². The molecule has 3 rings (SSSR count). The Bertz CT molecular complexity index is 520. The van der Waals surface area contributed by atoms with Crippen LogP contribution in [0.2, 0.25) is 0 Å². The molecule has 0 amide bonds. The number of rotatable bonds is 1. The molecule has 2 heteroatoms. The molecule has 1 aliphatic carbocycles. The van der Waals surface area contributed by atoms with Crippen molar-refractivity contribution in [1.29, 1.82) is 0 Å². The van der Waals surface area contributed by atoms with Crippen molar-refractivity contribution in [1.82, 2.24) is 0 Å². The molecule has 0 saturated carbocycles. The van der Waals surface area contributed by atoms with Gasteiger partial charge in [0, 0.05) is 5.56 Å². The molecule has 0 fully saturated rings. The van der Waals surface area contributed by atoms with Crippen molar-refractivity contribution in [2.45, 2.75) is 6.42 Å². The van der Waals surface area contributed by atoms with E-state index in [2.05, 4.69) is 24.3 Å². The molecule has 1 aliphatic rings. The molecule has 0 spiro atoms. The van der Waals surface area contributed by atoms with Crippen LogP contribution in [0.3, 0.4) is 0 Å². The van der Waals surface area contributed by atoms with E-state index < -0.39 is 0 Å². The van der Waals surface area contributed by atoms with Gasteiger partial charge in [0.1, 0.15) is 0 Å². The summed E-state index contributed by atoms with van der Waals surface area (Å²) in [5.41, 5.74) is 5.03. The first kappa shape index (κ1) is 8.50. The second kappa shape index (κ2) is 3.11. The second-order valence-corrected chi connectivity index (χ2v) is 3.74. The Morgan fingerprint density at radius 2 is 1.73 bits per heavy atom. The Kier molecular flexibility index (Phi) is 1.76. The highest BCUT2D eigenvalue weighted by Gasteiger charge is 2.21. The molecule has 0 unspecified atom stereocenters. The monoisotopic (exact) mass is 197 g/mol. The van der Waals surface area contributed by atoms with Crippen LogP contribution in [0.4, 0.5) is 0 Å². The maximum Gasteiger partial charge on any atom is 0.154 e. The minimum Gasteiger partial charge on any atom is -0.411 e. The lowest BCUT2D eigenvalue weighted by Gasteiger charge is -2.06. The smallest absolute Gasteiger partial charge is 0.154 e. The van der Waals surface area contributed by atoms with E-state index >= 15 is 0 Å². The van der Waals surface area contributed by atoms with Crippen molar-refractivity contribution >= 4 is 0 Å². The number of hydrogen-bond acceptors (Lipinski definition) is 2. The first-order valence-corrected chi connectivity index (χ1v) is 4.97. The Morgan fingerprint density at radius 3 is 2.60 bits per heavy atom. The molecule has 0 heterocycles. The Hall–Kier alpha value is -1.80. The highest BCUT2D eigenvalue weighted by molar-refractivity contribution is 5.81. The minimum absolute atomic E-state index is 0.762. The molecule has 0 radical (unpaired) electrons. The first-order valence-electron chi connectivity index (χ1n) is 4.97. The summed E-state index contributed by atoms with van der Waals surface area (Å²) in [6, 6.07) is 14.4. The van der Waals surface area contributed by atoms with Crippen LogP contribution in [0, 0.1) is 0 Å². The summed E-state index contributed by atoms with van der Waals surface area (Å²) in [5, 5.41) is 0. The second-order valence-electron chi connectivity index (χ2n) is 3.74. The topological polar surface area (TPSA) is 35.2 Å². The lowest BCUT2D eigenvalue weighted by atomic mass is 10.1. The van der Waals surface area contributed by atoms with Crippen molar-refractivity contribution in [2.24, 2.45) is 5.90 Å². The van der Waals surface area contributed by atoms with Crippen molar-refractivity contribution in [3.8, 4) is 16.9 Å². The average Bonchev–Trinajstić information content (AvgIpc) is 2.67. The zero-order valence-corrected chi connectivity index (χ0v) is 8.23. The quantitative estimate of drug-likeness (QED) is 0.608. The van der Waals surface area contributed by atoms with Gasteiger partial charge in [-0.2, -0.15) is 5.90 Å². The molecule has 2 N–H and O–H groups in total.